The quantitative estimate of drug-likeness (QED) is 0.693. The monoisotopic (exact) mass is 317 g/mol. The first-order chi connectivity index (χ1) is 11.1. The van der Waals surface area contributed by atoms with Gasteiger partial charge in [0.25, 0.3) is 0 Å². The fourth-order valence-corrected chi connectivity index (χ4v) is 2.27. The maximum atomic E-state index is 13.6. The van der Waals surface area contributed by atoms with E-state index in [0.29, 0.717) is 24.8 Å². The van der Waals surface area contributed by atoms with Crippen LogP contribution in [0.4, 0.5) is 4.39 Å². The molecule has 1 unspecified atom stereocenters. The molecule has 2 rings (SSSR count). The SMILES string of the molecule is C/C=C(\CC)COc1ccc(-c2nc(C(C)F)n(CC)n2)cc1. The Morgan fingerprint density at radius 1 is 1.30 bits per heavy atom. The normalized spacial score (nSPS) is 13.2. The number of aromatic nitrogens is 3. The molecule has 5 heteroatoms. The predicted octanol–water partition coefficient (Wildman–Crippen LogP) is 4.73. The van der Waals surface area contributed by atoms with Gasteiger partial charge in [-0.2, -0.15) is 5.10 Å². The summed E-state index contributed by atoms with van der Waals surface area (Å²) in [4.78, 5) is 4.31. The summed E-state index contributed by atoms with van der Waals surface area (Å²) in [7, 11) is 0. The average Bonchev–Trinajstić information content (AvgIpc) is 3.01. The summed E-state index contributed by atoms with van der Waals surface area (Å²) in [5.74, 6) is 1.71. The molecular weight excluding hydrogens is 293 g/mol. The summed E-state index contributed by atoms with van der Waals surface area (Å²) >= 11 is 0. The van der Waals surface area contributed by atoms with Crippen molar-refractivity contribution in [1.29, 1.82) is 0 Å². The van der Waals surface area contributed by atoms with E-state index in [1.54, 1.807) is 4.68 Å². The van der Waals surface area contributed by atoms with E-state index >= 15 is 0 Å². The third kappa shape index (κ3) is 4.18. The molecule has 2 aromatic rings. The fourth-order valence-electron chi connectivity index (χ4n) is 2.27. The van der Waals surface area contributed by atoms with Crippen LogP contribution >= 0.6 is 0 Å². The fraction of sp³-hybridized carbons (Fsp3) is 0.444. The van der Waals surface area contributed by atoms with Crippen LogP contribution in [-0.4, -0.2) is 21.4 Å². The van der Waals surface area contributed by atoms with Crippen molar-refractivity contribution >= 4 is 0 Å². The molecule has 1 atom stereocenters. The van der Waals surface area contributed by atoms with E-state index in [9.17, 15) is 4.39 Å². The van der Waals surface area contributed by atoms with Crippen LogP contribution in [-0.2, 0) is 6.54 Å². The lowest BCUT2D eigenvalue weighted by Crippen LogP contribution is -2.04. The highest BCUT2D eigenvalue weighted by atomic mass is 19.1. The number of aryl methyl sites for hydroxylation is 1. The lowest BCUT2D eigenvalue weighted by molar-refractivity contribution is 0.340. The van der Waals surface area contributed by atoms with E-state index in [2.05, 4.69) is 23.1 Å². The molecule has 0 radical (unpaired) electrons. The minimum Gasteiger partial charge on any atom is -0.489 e. The van der Waals surface area contributed by atoms with Crippen molar-refractivity contribution < 1.29 is 9.13 Å². The molecule has 0 amide bonds. The summed E-state index contributed by atoms with van der Waals surface area (Å²) in [6.45, 7) is 8.72. The van der Waals surface area contributed by atoms with E-state index in [4.69, 9.17) is 4.74 Å². The van der Waals surface area contributed by atoms with Crippen LogP contribution in [0.15, 0.2) is 35.9 Å². The number of hydrogen-bond donors (Lipinski definition) is 0. The third-order valence-corrected chi connectivity index (χ3v) is 3.75. The molecule has 23 heavy (non-hydrogen) atoms. The summed E-state index contributed by atoms with van der Waals surface area (Å²) in [5, 5.41) is 4.37. The topological polar surface area (TPSA) is 39.9 Å². The molecule has 0 saturated carbocycles. The maximum Gasteiger partial charge on any atom is 0.181 e. The molecule has 1 heterocycles. The number of ether oxygens (including phenoxy) is 1. The Morgan fingerprint density at radius 3 is 2.48 bits per heavy atom. The van der Waals surface area contributed by atoms with Crippen LogP contribution < -0.4 is 4.74 Å². The molecule has 4 nitrogen and oxygen atoms in total. The van der Waals surface area contributed by atoms with Crippen molar-refractivity contribution in [2.75, 3.05) is 6.61 Å². The van der Waals surface area contributed by atoms with Crippen molar-refractivity contribution in [2.24, 2.45) is 0 Å². The molecule has 0 aliphatic carbocycles. The van der Waals surface area contributed by atoms with Crippen LogP contribution in [0.3, 0.4) is 0 Å². The van der Waals surface area contributed by atoms with E-state index in [1.165, 1.54) is 12.5 Å². The van der Waals surface area contributed by atoms with Gasteiger partial charge in [-0.1, -0.05) is 13.0 Å². The van der Waals surface area contributed by atoms with E-state index in [0.717, 1.165) is 17.7 Å². The molecule has 124 valence electrons. The van der Waals surface area contributed by atoms with Crippen molar-refractivity contribution in [1.82, 2.24) is 14.8 Å². The summed E-state index contributed by atoms with van der Waals surface area (Å²) in [5.41, 5.74) is 2.12. The minimum absolute atomic E-state index is 0.364. The number of benzene rings is 1. The number of alkyl halides is 1. The molecule has 0 aliphatic heterocycles. The highest BCUT2D eigenvalue weighted by Crippen LogP contribution is 2.23. The number of halogens is 1. The van der Waals surface area contributed by atoms with Gasteiger partial charge in [-0.25, -0.2) is 14.1 Å². The zero-order chi connectivity index (χ0) is 16.8. The molecule has 0 spiro atoms. The largest absolute Gasteiger partial charge is 0.489 e. The predicted molar refractivity (Wildman–Crippen MR) is 90.2 cm³/mol. The second-order valence-electron chi connectivity index (χ2n) is 5.34. The maximum absolute atomic E-state index is 13.6. The Kier molecular flexibility index (Phi) is 5.90. The minimum atomic E-state index is -1.13. The van der Waals surface area contributed by atoms with Gasteiger partial charge in [0.15, 0.2) is 17.8 Å². The van der Waals surface area contributed by atoms with Gasteiger partial charge >= 0.3 is 0 Å². The number of allylic oxidation sites excluding steroid dienone is 1. The van der Waals surface area contributed by atoms with Crippen molar-refractivity contribution in [3.8, 4) is 17.1 Å². The van der Waals surface area contributed by atoms with Gasteiger partial charge in [-0.05, 0) is 57.0 Å². The summed E-state index contributed by atoms with van der Waals surface area (Å²) < 4.78 is 20.9. The first kappa shape index (κ1) is 17.2. The number of nitrogens with zero attached hydrogens (tertiary/aromatic N) is 3. The Morgan fingerprint density at radius 2 is 2.00 bits per heavy atom. The van der Waals surface area contributed by atoms with Crippen molar-refractivity contribution in [2.45, 2.75) is 46.8 Å². The average molecular weight is 317 g/mol. The molecule has 0 bridgehead atoms. The Hall–Kier alpha value is -2.17. The van der Waals surface area contributed by atoms with Gasteiger partial charge in [0.2, 0.25) is 0 Å². The van der Waals surface area contributed by atoms with Crippen LogP contribution in [0.5, 0.6) is 5.75 Å². The van der Waals surface area contributed by atoms with Crippen LogP contribution in [0.25, 0.3) is 11.4 Å². The van der Waals surface area contributed by atoms with Crippen LogP contribution in [0.2, 0.25) is 0 Å². The standard InChI is InChI=1S/C18H24FN3O/c1-5-14(6-2)12-23-16-10-8-15(9-11-16)17-20-18(13(4)19)22(7-3)21-17/h5,8-11,13H,6-7,12H2,1-4H3/b14-5+. The highest BCUT2D eigenvalue weighted by molar-refractivity contribution is 5.56. The van der Waals surface area contributed by atoms with Gasteiger partial charge in [0, 0.05) is 12.1 Å². The molecule has 0 N–H and O–H groups in total. The van der Waals surface area contributed by atoms with E-state index in [-0.39, 0.29) is 0 Å². The van der Waals surface area contributed by atoms with Crippen molar-refractivity contribution in [3.63, 3.8) is 0 Å². The number of hydrogen-bond acceptors (Lipinski definition) is 3. The van der Waals surface area contributed by atoms with E-state index < -0.39 is 6.17 Å². The van der Waals surface area contributed by atoms with Crippen LogP contribution in [0.1, 0.15) is 46.1 Å². The first-order valence-corrected chi connectivity index (χ1v) is 8.05. The van der Waals surface area contributed by atoms with E-state index in [1.807, 2.05) is 38.1 Å². The smallest absolute Gasteiger partial charge is 0.181 e. The molecule has 0 fully saturated rings. The molecule has 0 saturated heterocycles. The number of rotatable bonds is 7. The van der Waals surface area contributed by atoms with Gasteiger partial charge in [-0.3, -0.25) is 0 Å². The van der Waals surface area contributed by atoms with Gasteiger partial charge in [-0.15, -0.1) is 0 Å². The second-order valence-corrected chi connectivity index (χ2v) is 5.34. The lowest BCUT2D eigenvalue weighted by atomic mass is 10.2. The first-order valence-electron chi connectivity index (χ1n) is 8.05. The summed E-state index contributed by atoms with van der Waals surface area (Å²) in [6, 6.07) is 7.59. The zero-order valence-electron chi connectivity index (χ0n) is 14.2. The van der Waals surface area contributed by atoms with Gasteiger partial charge < -0.3 is 4.74 Å². The van der Waals surface area contributed by atoms with Gasteiger partial charge in [0.1, 0.15) is 12.4 Å². The summed E-state index contributed by atoms with van der Waals surface area (Å²) in [6.07, 6.45) is 1.93. The van der Waals surface area contributed by atoms with Crippen LogP contribution in [0, 0.1) is 0 Å². The Bertz CT molecular complexity index is 659. The van der Waals surface area contributed by atoms with Gasteiger partial charge in [0.05, 0.1) is 0 Å². The van der Waals surface area contributed by atoms with Crippen molar-refractivity contribution in [3.05, 3.63) is 41.7 Å². The third-order valence-electron chi connectivity index (χ3n) is 3.75. The highest BCUT2D eigenvalue weighted by Gasteiger charge is 2.15. The molecular formula is C18H24FN3O. The Labute approximate surface area is 137 Å². The molecule has 0 aliphatic rings. The molecule has 1 aromatic heterocycles. The lowest BCUT2D eigenvalue weighted by Gasteiger charge is -2.08. The molecule has 1 aromatic carbocycles. The second kappa shape index (κ2) is 7.90. The Balaban J connectivity index is 2.13. The zero-order valence-corrected chi connectivity index (χ0v) is 14.2.